The van der Waals surface area contributed by atoms with Crippen LogP contribution >= 0.6 is 0 Å². The highest BCUT2D eigenvalue weighted by molar-refractivity contribution is 5.92. The van der Waals surface area contributed by atoms with Gasteiger partial charge >= 0.3 is 0 Å². The predicted molar refractivity (Wildman–Crippen MR) is 114 cm³/mol. The number of carbonyl (C=O) groups excluding carboxylic acids is 2. The van der Waals surface area contributed by atoms with Crippen LogP contribution in [0.2, 0.25) is 0 Å². The number of aliphatic hydroxyl groups is 1. The van der Waals surface area contributed by atoms with Gasteiger partial charge in [0.2, 0.25) is 11.8 Å². The minimum Gasteiger partial charge on any atom is -0.391 e. The molecule has 0 aliphatic rings. The number of rotatable bonds is 10. The fourth-order valence-corrected chi connectivity index (χ4v) is 3.04. The Bertz CT molecular complexity index is 885. The maximum absolute atomic E-state index is 12.0. The second-order valence-corrected chi connectivity index (χ2v) is 6.85. The summed E-state index contributed by atoms with van der Waals surface area (Å²) in [5.74, 6) is -0.306. The Hall–Kier alpha value is -3.30. The molecule has 1 atom stereocenters. The lowest BCUT2D eigenvalue weighted by Gasteiger charge is -2.22. The zero-order chi connectivity index (χ0) is 22.1. The maximum atomic E-state index is 12.0. The van der Waals surface area contributed by atoms with Crippen molar-refractivity contribution in [1.29, 1.82) is 0 Å². The molecule has 0 radical (unpaired) electrons. The van der Waals surface area contributed by atoms with Crippen LogP contribution in [0, 0.1) is 10.1 Å². The van der Waals surface area contributed by atoms with Crippen molar-refractivity contribution in [1.82, 2.24) is 5.32 Å². The van der Waals surface area contributed by atoms with Crippen molar-refractivity contribution in [2.24, 2.45) is 0 Å². The molecule has 1 unspecified atom stereocenters. The monoisotopic (exact) mass is 414 g/mol. The van der Waals surface area contributed by atoms with E-state index in [0.717, 1.165) is 0 Å². The van der Waals surface area contributed by atoms with E-state index < -0.39 is 11.0 Å². The van der Waals surface area contributed by atoms with E-state index in [2.05, 4.69) is 10.6 Å². The summed E-state index contributed by atoms with van der Waals surface area (Å²) in [6.07, 6.45) is -0.639. The number of carbonyl (C=O) groups is 2. The van der Waals surface area contributed by atoms with Crippen LogP contribution in [0.3, 0.4) is 0 Å². The third-order valence-corrected chi connectivity index (χ3v) is 4.42. The highest BCUT2D eigenvalue weighted by Gasteiger charge is 2.16. The van der Waals surface area contributed by atoms with Crippen LogP contribution in [0.5, 0.6) is 0 Å². The SMILES string of the molecule is CC(=O)Nc1ccc(N(CCNCC(O)Cc2ccccc2[N+](=O)[O-])C(C)=O)cc1. The molecule has 9 heteroatoms. The molecule has 0 aliphatic heterocycles. The van der Waals surface area contributed by atoms with Crippen LogP contribution < -0.4 is 15.5 Å². The Morgan fingerprint density at radius 1 is 1.13 bits per heavy atom. The molecular formula is C21H26N4O5. The van der Waals surface area contributed by atoms with Gasteiger partial charge in [0.05, 0.1) is 11.0 Å². The van der Waals surface area contributed by atoms with E-state index >= 15 is 0 Å². The minimum absolute atomic E-state index is 0.0120. The Balaban J connectivity index is 1.85. The first-order valence-corrected chi connectivity index (χ1v) is 9.54. The molecule has 30 heavy (non-hydrogen) atoms. The maximum Gasteiger partial charge on any atom is 0.272 e. The molecule has 0 saturated heterocycles. The molecule has 160 valence electrons. The summed E-state index contributed by atoms with van der Waals surface area (Å²) in [4.78, 5) is 35.3. The van der Waals surface area contributed by atoms with Crippen LogP contribution in [0.15, 0.2) is 48.5 Å². The zero-order valence-corrected chi connectivity index (χ0v) is 17.0. The Morgan fingerprint density at radius 2 is 1.80 bits per heavy atom. The third-order valence-electron chi connectivity index (χ3n) is 4.42. The number of nitro groups is 1. The molecule has 0 bridgehead atoms. The Morgan fingerprint density at radius 3 is 2.40 bits per heavy atom. The molecule has 2 aromatic carbocycles. The Labute approximate surface area is 174 Å². The summed E-state index contributed by atoms with van der Waals surface area (Å²) < 4.78 is 0. The van der Waals surface area contributed by atoms with E-state index in [-0.39, 0.29) is 30.5 Å². The smallest absolute Gasteiger partial charge is 0.272 e. The molecule has 0 aliphatic carbocycles. The standard InChI is InChI=1S/C21H26N4O5/c1-15(26)23-18-7-9-19(10-8-18)24(16(2)27)12-11-22-14-20(28)13-17-5-3-4-6-21(17)25(29)30/h3-10,20,22,28H,11-14H2,1-2H3,(H,23,26). The lowest BCUT2D eigenvalue weighted by molar-refractivity contribution is -0.385. The van der Waals surface area contributed by atoms with Gasteiger partial charge in [0.25, 0.3) is 5.69 Å². The number of anilines is 2. The average Bonchev–Trinajstić information content (AvgIpc) is 2.68. The summed E-state index contributed by atoms with van der Waals surface area (Å²) in [6.45, 7) is 3.93. The second kappa shape index (κ2) is 11.0. The largest absolute Gasteiger partial charge is 0.391 e. The average molecular weight is 414 g/mol. The number of hydrogen-bond acceptors (Lipinski definition) is 6. The zero-order valence-electron chi connectivity index (χ0n) is 17.0. The van der Waals surface area contributed by atoms with Gasteiger partial charge in [-0.25, -0.2) is 0 Å². The van der Waals surface area contributed by atoms with Gasteiger partial charge in [-0.2, -0.15) is 0 Å². The van der Waals surface area contributed by atoms with Crippen LogP contribution in [-0.4, -0.2) is 47.6 Å². The van der Waals surface area contributed by atoms with Crippen molar-refractivity contribution >= 4 is 28.9 Å². The summed E-state index contributed by atoms with van der Waals surface area (Å²) in [7, 11) is 0. The van der Waals surface area contributed by atoms with E-state index in [9.17, 15) is 24.8 Å². The van der Waals surface area contributed by atoms with Crippen LogP contribution in [-0.2, 0) is 16.0 Å². The van der Waals surface area contributed by atoms with Crippen LogP contribution in [0.25, 0.3) is 0 Å². The first-order chi connectivity index (χ1) is 14.3. The predicted octanol–water partition coefficient (Wildman–Crippen LogP) is 2.10. The van der Waals surface area contributed by atoms with E-state index in [0.29, 0.717) is 30.0 Å². The number of nitrogens with one attached hydrogen (secondary N) is 2. The third kappa shape index (κ3) is 6.94. The fraction of sp³-hybridized carbons (Fsp3) is 0.333. The van der Waals surface area contributed by atoms with Crippen molar-refractivity contribution in [3.8, 4) is 0 Å². The Kier molecular flexibility index (Phi) is 8.45. The first-order valence-electron chi connectivity index (χ1n) is 9.54. The lowest BCUT2D eigenvalue weighted by Crippen LogP contribution is -2.38. The molecule has 0 saturated carbocycles. The van der Waals surface area contributed by atoms with Gasteiger partial charge in [-0.05, 0) is 24.3 Å². The molecule has 3 N–H and O–H groups in total. The van der Waals surface area contributed by atoms with Crippen molar-refractivity contribution in [2.75, 3.05) is 29.9 Å². The molecule has 0 heterocycles. The quantitative estimate of drug-likeness (QED) is 0.311. The van der Waals surface area contributed by atoms with Gasteiger partial charge in [0.1, 0.15) is 0 Å². The fourth-order valence-electron chi connectivity index (χ4n) is 3.04. The van der Waals surface area contributed by atoms with Crippen molar-refractivity contribution in [3.63, 3.8) is 0 Å². The number of nitro benzene ring substituents is 1. The second-order valence-electron chi connectivity index (χ2n) is 6.85. The minimum atomic E-state index is -0.797. The van der Waals surface area contributed by atoms with E-state index in [1.54, 1.807) is 47.4 Å². The first kappa shape index (κ1) is 23.0. The molecule has 2 amide bonds. The summed E-state index contributed by atoms with van der Waals surface area (Å²) in [6, 6.07) is 13.3. The topological polar surface area (TPSA) is 125 Å². The van der Waals surface area contributed by atoms with E-state index in [1.165, 1.54) is 19.9 Å². The van der Waals surface area contributed by atoms with Crippen molar-refractivity contribution < 1.29 is 19.6 Å². The molecule has 0 fully saturated rings. The number of aliphatic hydroxyl groups excluding tert-OH is 1. The number of benzene rings is 2. The van der Waals surface area contributed by atoms with Crippen LogP contribution in [0.4, 0.5) is 17.1 Å². The van der Waals surface area contributed by atoms with Gasteiger partial charge < -0.3 is 20.6 Å². The number of amides is 2. The van der Waals surface area contributed by atoms with Gasteiger partial charge in [-0.1, -0.05) is 18.2 Å². The number of nitrogens with zero attached hydrogens (tertiary/aromatic N) is 2. The lowest BCUT2D eigenvalue weighted by atomic mass is 10.1. The summed E-state index contributed by atoms with van der Waals surface area (Å²) >= 11 is 0. The van der Waals surface area contributed by atoms with Gasteiger partial charge in [-0.15, -0.1) is 0 Å². The van der Waals surface area contributed by atoms with Gasteiger partial charge in [-0.3, -0.25) is 19.7 Å². The molecule has 9 nitrogen and oxygen atoms in total. The molecule has 0 aromatic heterocycles. The molecule has 0 spiro atoms. The number of hydrogen-bond donors (Lipinski definition) is 3. The van der Waals surface area contributed by atoms with Crippen LogP contribution in [0.1, 0.15) is 19.4 Å². The van der Waals surface area contributed by atoms with E-state index in [4.69, 9.17) is 0 Å². The van der Waals surface area contributed by atoms with Gasteiger partial charge in [0.15, 0.2) is 0 Å². The van der Waals surface area contributed by atoms with Crippen molar-refractivity contribution in [3.05, 3.63) is 64.2 Å². The molecular weight excluding hydrogens is 388 g/mol. The molecule has 2 aromatic rings. The summed E-state index contributed by atoms with van der Waals surface area (Å²) in [5.41, 5.74) is 1.80. The highest BCUT2D eigenvalue weighted by Crippen LogP contribution is 2.19. The highest BCUT2D eigenvalue weighted by atomic mass is 16.6. The van der Waals surface area contributed by atoms with Crippen molar-refractivity contribution in [2.45, 2.75) is 26.4 Å². The number of para-hydroxylation sites is 1. The summed E-state index contributed by atoms with van der Waals surface area (Å²) in [5, 5.41) is 27.0. The normalized spacial score (nSPS) is 11.6. The molecule has 2 rings (SSSR count). The van der Waals surface area contributed by atoms with E-state index in [1.807, 2.05) is 0 Å². The van der Waals surface area contributed by atoms with Gasteiger partial charge in [0, 0.05) is 62.9 Å².